The first-order valence-electron chi connectivity index (χ1n) is 5.94. The molecule has 5 nitrogen and oxygen atoms in total. The second-order valence-corrected chi connectivity index (χ2v) is 5.11. The monoisotopic (exact) mass is 233 g/mol. The van der Waals surface area contributed by atoms with Crippen molar-refractivity contribution in [3.63, 3.8) is 0 Å². The molecule has 0 spiro atoms. The number of carbonyl (C=O) groups is 1. The van der Waals surface area contributed by atoms with Gasteiger partial charge in [-0.25, -0.2) is 14.8 Å². The molecule has 0 amide bonds. The maximum absolute atomic E-state index is 11.3. The minimum absolute atomic E-state index is 0.0180. The smallest absolute Gasteiger partial charge is 0.354 e. The molecule has 0 saturated heterocycles. The molecule has 1 aromatic rings. The molecule has 3 rings (SSSR count). The molecule has 2 heterocycles. The van der Waals surface area contributed by atoms with Crippen molar-refractivity contribution >= 4 is 5.97 Å². The van der Waals surface area contributed by atoms with Crippen molar-refractivity contribution in [2.24, 2.45) is 0 Å². The molecule has 90 valence electrons. The average molecular weight is 233 g/mol. The summed E-state index contributed by atoms with van der Waals surface area (Å²) in [6, 6.07) is 0. The molecule has 2 N–H and O–H groups in total. The summed E-state index contributed by atoms with van der Waals surface area (Å²) >= 11 is 0. The molecule has 0 unspecified atom stereocenters. The van der Waals surface area contributed by atoms with E-state index in [4.69, 9.17) is 0 Å². The Kier molecular flexibility index (Phi) is 2.19. The van der Waals surface area contributed by atoms with Gasteiger partial charge in [0.15, 0.2) is 5.69 Å². The van der Waals surface area contributed by atoms with Crippen molar-refractivity contribution in [1.29, 1.82) is 0 Å². The second kappa shape index (κ2) is 3.50. The standard InChI is InChI=1S/C12H15N3O2/c1-12(3-4-12)11-14-8-2-5-13-6-7(8)9(15-11)10(16)17/h13H,2-6H2,1H3,(H,16,17). The van der Waals surface area contributed by atoms with Crippen LogP contribution in [0.4, 0.5) is 0 Å². The van der Waals surface area contributed by atoms with E-state index in [1.807, 2.05) is 0 Å². The number of aromatic nitrogens is 2. The Bertz CT molecular complexity index is 495. The van der Waals surface area contributed by atoms with E-state index in [2.05, 4.69) is 22.2 Å². The van der Waals surface area contributed by atoms with Gasteiger partial charge < -0.3 is 10.4 Å². The molecule has 1 saturated carbocycles. The summed E-state index contributed by atoms with van der Waals surface area (Å²) in [6.45, 7) is 3.52. The topological polar surface area (TPSA) is 75.1 Å². The fourth-order valence-corrected chi connectivity index (χ4v) is 2.20. The predicted octanol–water partition coefficient (Wildman–Crippen LogP) is 0.872. The van der Waals surface area contributed by atoms with Gasteiger partial charge in [0.05, 0.1) is 5.69 Å². The summed E-state index contributed by atoms with van der Waals surface area (Å²) in [4.78, 5) is 20.1. The van der Waals surface area contributed by atoms with Crippen LogP contribution in [0.1, 0.15) is 47.3 Å². The highest BCUT2D eigenvalue weighted by Crippen LogP contribution is 2.46. The van der Waals surface area contributed by atoms with E-state index < -0.39 is 5.97 Å². The van der Waals surface area contributed by atoms with Crippen LogP contribution in [-0.4, -0.2) is 27.6 Å². The van der Waals surface area contributed by atoms with E-state index in [0.29, 0.717) is 6.54 Å². The normalized spacial score (nSPS) is 20.8. The molecule has 1 aliphatic carbocycles. The number of hydrogen-bond donors (Lipinski definition) is 2. The summed E-state index contributed by atoms with van der Waals surface area (Å²) in [7, 11) is 0. The van der Waals surface area contributed by atoms with Crippen molar-refractivity contribution in [2.45, 2.75) is 38.1 Å². The van der Waals surface area contributed by atoms with Gasteiger partial charge in [0.25, 0.3) is 0 Å². The van der Waals surface area contributed by atoms with Gasteiger partial charge in [-0.15, -0.1) is 0 Å². The van der Waals surface area contributed by atoms with Crippen molar-refractivity contribution in [3.05, 3.63) is 22.8 Å². The summed E-state index contributed by atoms with van der Waals surface area (Å²) < 4.78 is 0. The molecule has 0 bridgehead atoms. The molecule has 0 atom stereocenters. The minimum atomic E-state index is -0.946. The molecule has 1 aromatic heterocycles. The zero-order chi connectivity index (χ0) is 12.0. The van der Waals surface area contributed by atoms with Gasteiger partial charge in [-0.05, 0) is 12.8 Å². The minimum Gasteiger partial charge on any atom is -0.476 e. The summed E-state index contributed by atoms with van der Waals surface area (Å²) in [5, 5.41) is 12.4. The zero-order valence-electron chi connectivity index (χ0n) is 9.79. The maximum atomic E-state index is 11.3. The van der Waals surface area contributed by atoms with Gasteiger partial charge in [-0.2, -0.15) is 0 Å². The van der Waals surface area contributed by atoms with Crippen LogP contribution in [0, 0.1) is 0 Å². The third kappa shape index (κ3) is 1.70. The fourth-order valence-electron chi connectivity index (χ4n) is 2.20. The van der Waals surface area contributed by atoms with Gasteiger partial charge in [0.1, 0.15) is 5.82 Å². The number of nitrogens with zero attached hydrogens (tertiary/aromatic N) is 2. The molecule has 17 heavy (non-hydrogen) atoms. The van der Waals surface area contributed by atoms with E-state index in [1.54, 1.807) is 0 Å². The quantitative estimate of drug-likeness (QED) is 0.792. The summed E-state index contributed by atoms with van der Waals surface area (Å²) in [6.07, 6.45) is 2.91. The van der Waals surface area contributed by atoms with Crippen LogP contribution in [0.15, 0.2) is 0 Å². The van der Waals surface area contributed by atoms with Crippen LogP contribution in [0.3, 0.4) is 0 Å². The first-order chi connectivity index (χ1) is 8.10. The Balaban J connectivity index is 2.15. The van der Waals surface area contributed by atoms with Gasteiger partial charge in [-0.3, -0.25) is 0 Å². The Morgan fingerprint density at radius 1 is 1.41 bits per heavy atom. The van der Waals surface area contributed by atoms with Crippen molar-refractivity contribution in [1.82, 2.24) is 15.3 Å². The van der Waals surface area contributed by atoms with Crippen molar-refractivity contribution in [2.75, 3.05) is 6.54 Å². The highest BCUT2D eigenvalue weighted by molar-refractivity contribution is 5.87. The summed E-state index contributed by atoms with van der Waals surface area (Å²) in [5.41, 5.74) is 1.88. The van der Waals surface area contributed by atoms with Gasteiger partial charge in [0, 0.05) is 30.5 Å². The van der Waals surface area contributed by atoms with E-state index in [9.17, 15) is 9.90 Å². The highest BCUT2D eigenvalue weighted by Gasteiger charge is 2.43. The SMILES string of the molecule is CC1(c2nc3c(c(C(=O)O)n2)CNCC3)CC1. The number of aromatic carboxylic acids is 1. The van der Waals surface area contributed by atoms with Crippen LogP contribution in [0.25, 0.3) is 0 Å². The molecular formula is C12H15N3O2. The van der Waals surface area contributed by atoms with Crippen LogP contribution < -0.4 is 5.32 Å². The van der Waals surface area contributed by atoms with Gasteiger partial charge in [-0.1, -0.05) is 6.92 Å². The number of rotatable bonds is 2. The van der Waals surface area contributed by atoms with Crippen LogP contribution in [0.2, 0.25) is 0 Å². The Morgan fingerprint density at radius 2 is 2.18 bits per heavy atom. The van der Waals surface area contributed by atoms with Crippen LogP contribution >= 0.6 is 0 Å². The molecular weight excluding hydrogens is 218 g/mol. The van der Waals surface area contributed by atoms with E-state index in [-0.39, 0.29) is 11.1 Å². The Labute approximate surface area is 99.3 Å². The predicted molar refractivity (Wildman–Crippen MR) is 61.0 cm³/mol. The van der Waals surface area contributed by atoms with E-state index in [1.165, 1.54) is 0 Å². The van der Waals surface area contributed by atoms with E-state index in [0.717, 1.165) is 42.9 Å². The van der Waals surface area contributed by atoms with Gasteiger partial charge >= 0.3 is 5.97 Å². The largest absolute Gasteiger partial charge is 0.476 e. The third-order valence-electron chi connectivity index (χ3n) is 3.68. The first-order valence-corrected chi connectivity index (χ1v) is 5.94. The number of hydrogen-bond acceptors (Lipinski definition) is 4. The first kappa shape index (κ1) is 10.7. The Morgan fingerprint density at radius 3 is 2.82 bits per heavy atom. The average Bonchev–Trinajstić information content (AvgIpc) is 3.07. The molecule has 2 aliphatic rings. The van der Waals surface area contributed by atoms with Gasteiger partial charge in [0.2, 0.25) is 0 Å². The van der Waals surface area contributed by atoms with Crippen molar-refractivity contribution < 1.29 is 9.90 Å². The lowest BCUT2D eigenvalue weighted by Gasteiger charge is -2.20. The lowest BCUT2D eigenvalue weighted by Crippen LogP contribution is -2.29. The Hall–Kier alpha value is -1.49. The molecule has 0 aromatic carbocycles. The highest BCUT2D eigenvalue weighted by atomic mass is 16.4. The van der Waals surface area contributed by atoms with Crippen LogP contribution in [0.5, 0.6) is 0 Å². The zero-order valence-corrected chi connectivity index (χ0v) is 9.79. The number of nitrogens with one attached hydrogen (secondary N) is 1. The third-order valence-corrected chi connectivity index (χ3v) is 3.68. The number of carboxylic acid groups (broad SMARTS) is 1. The molecule has 5 heteroatoms. The lowest BCUT2D eigenvalue weighted by atomic mass is 10.0. The van der Waals surface area contributed by atoms with E-state index >= 15 is 0 Å². The number of carboxylic acids is 1. The molecule has 1 fully saturated rings. The van der Waals surface area contributed by atoms with Crippen LogP contribution in [-0.2, 0) is 18.4 Å². The van der Waals surface area contributed by atoms with Crippen molar-refractivity contribution in [3.8, 4) is 0 Å². The molecule has 1 aliphatic heterocycles. The fraction of sp³-hybridized carbons (Fsp3) is 0.583. The lowest BCUT2D eigenvalue weighted by molar-refractivity contribution is 0.0687. The number of fused-ring (bicyclic) bond motifs is 1. The molecule has 0 radical (unpaired) electrons. The summed E-state index contributed by atoms with van der Waals surface area (Å²) in [5.74, 6) is -0.228. The second-order valence-electron chi connectivity index (χ2n) is 5.11. The maximum Gasteiger partial charge on any atom is 0.354 e.